The predicted molar refractivity (Wildman–Crippen MR) is 144 cm³/mol. The number of nitrogens with zero attached hydrogens (tertiary/aromatic N) is 2. The molecule has 0 radical (unpaired) electrons. The summed E-state index contributed by atoms with van der Waals surface area (Å²) in [4.78, 5) is 8.75. The highest BCUT2D eigenvalue weighted by Crippen LogP contribution is 2.21. The van der Waals surface area contributed by atoms with Crippen LogP contribution in [0, 0.1) is 11.7 Å². The highest BCUT2D eigenvalue weighted by Gasteiger charge is 2.08. The van der Waals surface area contributed by atoms with E-state index in [0.29, 0.717) is 22.9 Å². The summed E-state index contributed by atoms with van der Waals surface area (Å²) in [7, 11) is 0. The van der Waals surface area contributed by atoms with Crippen molar-refractivity contribution >= 4 is 24.0 Å². The molecule has 0 fully saturated rings. The molecular weight excluding hydrogens is 433 g/mol. The molecule has 0 bridgehead atoms. The molecule has 184 valence electrons. The molecule has 1 atom stereocenters. The maximum Gasteiger partial charge on any atom is 0.127 e. The summed E-state index contributed by atoms with van der Waals surface area (Å²) >= 11 is 5.85. The van der Waals surface area contributed by atoms with Crippen LogP contribution in [0.3, 0.4) is 0 Å². The Kier molecular flexibility index (Phi) is 16.3. The van der Waals surface area contributed by atoms with Crippen molar-refractivity contribution in [3.05, 3.63) is 58.5 Å². The Morgan fingerprint density at radius 2 is 1.91 bits per heavy atom. The number of hydrogen-bond acceptors (Lipinski definition) is 3. The van der Waals surface area contributed by atoms with Gasteiger partial charge in [0.25, 0.3) is 0 Å². The van der Waals surface area contributed by atoms with E-state index < -0.39 is 0 Å². The number of aryl methyl sites for hydroxylation is 1. The molecule has 1 aromatic rings. The van der Waals surface area contributed by atoms with Gasteiger partial charge in [-0.15, -0.1) is 6.58 Å². The third-order valence-corrected chi connectivity index (χ3v) is 6.01. The minimum absolute atomic E-state index is 0.121. The second-order valence-corrected chi connectivity index (χ2v) is 9.35. The van der Waals surface area contributed by atoms with E-state index in [2.05, 4.69) is 29.6 Å². The minimum Gasteiger partial charge on any atom is -0.403 e. The van der Waals surface area contributed by atoms with Crippen LogP contribution in [-0.2, 0) is 12.8 Å². The number of hydrogen-bond donors (Lipinski definition) is 1. The molecule has 3 nitrogen and oxygen atoms in total. The van der Waals surface area contributed by atoms with Gasteiger partial charge in [0.2, 0.25) is 0 Å². The van der Waals surface area contributed by atoms with Crippen LogP contribution in [0.4, 0.5) is 4.39 Å². The molecule has 0 aliphatic heterocycles. The summed E-state index contributed by atoms with van der Waals surface area (Å²) in [6, 6.07) is 5.67. The van der Waals surface area contributed by atoms with Crippen LogP contribution in [0.1, 0.15) is 82.8 Å². The molecule has 0 aliphatic rings. The number of benzene rings is 1. The molecule has 0 heterocycles. The zero-order valence-electron chi connectivity index (χ0n) is 20.7. The van der Waals surface area contributed by atoms with Gasteiger partial charge in [0.15, 0.2) is 0 Å². The first kappa shape index (κ1) is 29.1. The Morgan fingerprint density at radius 3 is 2.61 bits per heavy atom. The molecule has 33 heavy (non-hydrogen) atoms. The molecule has 1 unspecified atom stereocenters. The summed E-state index contributed by atoms with van der Waals surface area (Å²) in [5, 5.41) is 0.476. The van der Waals surface area contributed by atoms with Crippen LogP contribution in [0.15, 0.2) is 51.6 Å². The summed E-state index contributed by atoms with van der Waals surface area (Å²) in [6.45, 7) is 9.71. The average molecular weight is 476 g/mol. The van der Waals surface area contributed by atoms with Crippen molar-refractivity contribution < 1.29 is 4.39 Å². The van der Waals surface area contributed by atoms with Gasteiger partial charge in [-0.25, -0.2) is 4.39 Å². The largest absolute Gasteiger partial charge is 0.403 e. The van der Waals surface area contributed by atoms with Gasteiger partial charge in [0.1, 0.15) is 5.82 Å². The summed E-state index contributed by atoms with van der Waals surface area (Å²) in [5.41, 5.74) is 8.33. The van der Waals surface area contributed by atoms with Gasteiger partial charge in [-0.3, -0.25) is 9.98 Å². The third kappa shape index (κ3) is 14.7. The lowest BCUT2D eigenvalue weighted by Crippen LogP contribution is -2.04. The molecule has 0 spiro atoms. The Hall–Kier alpha value is -1.94. The normalized spacial score (nSPS) is 13.3. The maximum atomic E-state index is 14.5. The van der Waals surface area contributed by atoms with E-state index in [1.165, 1.54) is 37.5 Å². The molecule has 0 aromatic heterocycles. The fourth-order valence-electron chi connectivity index (χ4n) is 3.78. The van der Waals surface area contributed by atoms with Gasteiger partial charge in [-0.1, -0.05) is 68.3 Å². The Balaban J connectivity index is 2.38. The first-order chi connectivity index (χ1) is 16.0. The molecule has 2 N–H and O–H groups in total. The molecule has 0 saturated carbocycles. The van der Waals surface area contributed by atoms with Crippen molar-refractivity contribution in [2.45, 2.75) is 84.5 Å². The molecule has 0 aliphatic carbocycles. The van der Waals surface area contributed by atoms with Crippen molar-refractivity contribution in [2.75, 3.05) is 13.1 Å². The minimum atomic E-state index is -0.121. The topological polar surface area (TPSA) is 50.7 Å². The van der Waals surface area contributed by atoms with Crippen molar-refractivity contribution in [3.63, 3.8) is 0 Å². The maximum absolute atomic E-state index is 14.5. The van der Waals surface area contributed by atoms with Crippen LogP contribution in [-0.4, -0.2) is 25.5 Å². The summed E-state index contributed by atoms with van der Waals surface area (Å²) in [6.07, 6.45) is 16.5. The number of rotatable bonds is 18. The number of nitrogens with two attached hydrogens (primary N) is 1. The fraction of sp³-hybridized carbons (Fsp3) is 0.571. The highest BCUT2D eigenvalue weighted by molar-refractivity contribution is 6.39. The smallest absolute Gasteiger partial charge is 0.127 e. The summed E-state index contributed by atoms with van der Waals surface area (Å²) < 4.78 is 14.5. The Morgan fingerprint density at radius 1 is 1.12 bits per heavy atom. The number of aliphatic imine (C=N–C) groups is 2. The monoisotopic (exact) mass is 475 g/mol. The van der Waals surface area contributed by atoms with E-state index in [9.17, 15) is 4.39 Å². The van der Waals surface area contributed by atoms with Gasteiger partial charge < -0.3 is 5.73 Å². The Labute approximate surface area is 206 Å². The predicted octanol–water partition coefficient (Wildman–Crippen LogP) is 7.81. The average Bonchev–Trinajstić information content (AvgIpc) is 2.80. The van der Waals surface area contributed by atoms with E-state index in [1.807, 2.05) is 19.2 Å². The van der Waals surface area contributed by atoms with Crippen LogP contribution < -0.4 is 5.73 Å². The van der Waals surface area contributed by atoms with E-state index >= 15 is 0 Å². The van der Waals surface area contributed by atoms with Crippen LogP contribution >= 0.6 is 11.6 Å². The van der Waals surface area contributed by atoms with Gasteiger partial charge in [-0.05, 0) is 62.1 Å². The highest BCUT2D eigenvalue weighted by atomic mass is 35.5. The first-order valence-corrected chi connectivity index (χ1v) is 12.8. The quantitative estimate of drug-likeness (QED) is 0.131. The van der Waals surface area contributed by atoms with Crippen LogP contribution in [0.25, 0.3) is 0 Å². The second kappa shape index (κ2) is 18.5. The second-order valence-electron chi connectivity index (χ2n) is 8.91. The van der Waals surface area contributed by atoms with E-state index in [4.69, 9.17) is 17.3 Å². The van der Waals surface area contributed by atoms with Gasteiger partial charge in [0, 0.05) is 38.1 Å². The zero-order chi connectivity index (χ0) is 24.3. The van der Waals surface area contributed by atoms with Crippen molar-refractivity contribution in [2.24, 2.45) is 21.6 Å². The van der Waals surface area contributed by atoms with Crippen molar-refractivity contribution in [1.29, 1.82) is 0 Å². The van der Waals surface area contributed by atoms with Crippen molar-refractivity contribution in [3.8, 4) is 0 Å². The lowest BCUT2D eigenvalue weighted by atomic mass is 9.92. The number of halogens is 2. The molecule has 5 heteroatoms. The van der Waals surface area contributed by atoms with E-state index in [0.717, 1.165) is 57.2 Å². The molecule has 1 aromatic carbocycles. The molecule has 0 saturated heterocycles. The van der Waals surface area contributed by atoms with Crippen LogP contribution in [0.5, 0.6) is 0 Å². The lowest BCUT2D eigenvalue weighted by Gasteiger charge is -2.15. The number of allylic oxidation sites excluding steroid dienone is 2. The van der Waals surface area contributed by atoms with Gasteiger partial charge in [0.05, 0.1) is 5.03 Å². The van der Waals surface area contributed by atoms with Crippen molar-refractivity contribution in [1.82, 2.24) is 0 Å². The third-order valence-electron chi connectivity index (χ3n) is 5.78. The Bertz CT molecular complexity index is 770. The molecule has 0 amide bonds. The fourth-order valence-corrected chi connectivity index (χ4v) is 3.85. The zero-order valence-corrected chi connectivity index (χ0v) is 21.4. The molecular formula is C28H43ClFN3. The van der Waals surface area contributed by atoms with Crippen LogP contribution in [0.2, 0.25) is 0 Å². The molecule has 1 rings (SSSR count). The lowest BCUT2D eigenvalue weighted by molar-refractivity contribution is 0.396. The number of unbranched alkanes of at least 4 members (excludes halogenated alkanes) is 2. The van der Waals surface area contributed by atoms with Gasteiger partial charge >= 0.3 is 0 Å². The van der Waals surface area contributed by atoms with E-state index in [1.54, 1.807) is 12.3 Å². The summed E-state index contributed by atoms with van der Waals surface area (Å²) in [5.74, 6) is 0.557. The standard InChI is InChI=1S/C28H43ClFN3/c1-4-5-10-24(15-18-33-22-27(29)21-31)11-6-7-12-25-13-14-26(28(30)20-25)16-19-32-17-8-9-23(2)3/h13-14,19-22,24H,2,4-12,15-18,31H2,1,3H3/b27-21+,32-19?,33-22?. The SMILES string of the molecule is C=C(C)CCCN=CCc1ccc(CCCCC(CCCC)CCN=C/C(Cl)=C\N)cc1F. The van der Waals surface area contributed by atoms with Gasteiger partial charge in [-0.2, -0.15) is 0 Å². The van der Waals surface area contributed by atoms with E-state index in [-0.39, 0.29) is 5.82 Å². The first-order valence-electron chi connectivity index (χ1n) is 12.4.